The highest BCUT2D eigenvalue weighted by Gasteiger charge is 2.39. The van der Waals surface area contributed by atoms with Crippen molar-refractivity contribution in [3.05, 3.63) is 28.5 Å². The van der Waals surface area contributed by atoms with E-state index in [9.17, 15) is 9.59 Å². The Kier molecular flexibility index (Phi) is 4.98. The molecule has 1 N–H and O–H groups in total. The second-order valence-corrected chi connectivity index (χ2v) is 6.44. The Labute approximate surface area is 133 Å². The number of amides is 2. The first-order valence-electron chi connectivity index (χ1n) is 7.14. The van der Waals surface area contributed by atoms with E-state index in [1.165, 1.54) is 0 Å². The molecular formula is C15H20BrN3O2. The molecule has 0 spiro atoms. The fraction of sp³-hybridized carbons (Fsp3) is 0.533. The minimum atomic E-state index is -0.461. The van der Waals surface area contributed by atoms with E-state index in [-0.39, 0.29) is 17.7 Å². The number of halogens is 1. The number of pyridine rings is 1. The molecule has 1 aromatic heterocycles. The molecule has 3 unspecified atom stereocenters. The number of aromatic nitrogens is 1. The van der Waals surface area contributed by atoms with Crippen molar-refractivity contribution in [2.24, 2.45) is 5.92 Å². The van der Waals surface area contributed by atoms with Gasteiger partial charge in [0.1, 0.15) is 12.1 Å². The van der Waals surface area contributed by atoms with Crippen molar-refractivity contribution in [1.82, 2.24) is 15.2 Å². The second kappa shape index (κ2) is 6.56. The van der Waals surface area contributed by atoms with E-state index in [4.69, 9.17) is 0 Å². The zero-order chi connectivity index (χ0) is 15.6. The maximum absolute atomic E-state index is 12.7. The van der Waals surface area contributed by atoms with Gasteiger partial charge in [-0.25, -0.2) is 0 Å². The fourth-order valence-electron chi connectivity index (χ4n) is 2.42. The standard InChI is InChI=1S/C15H20BrN3O2/c1-4-9(2)13-15(21)19(10(3)14(20)18-13)8-11-5-12(16)7-17-6-11/h5-7,9-10,13H,4,8H2,1-3H3,(H,18,20). The average Bonchev–Trinajstić information content (AvgIpc) is 2.46. The Balaban J connectivity index is 2.22. The van der Waals surface area contributed by atoms with Crippen molar-refractivity contribution in [1.29, 1.82) is 0 Å². The molecular weight excluding hydrogens is 334 g/mol. The van der Waals surface area contributed by atoms with E-state index in [1.807, 2.05) is 19.9 Å². The first-order valence-corrected chi connectivity index (χ1v) is 7.93. The lowest BCUT2D eigenvalue weighted by Crippen LogP contribution is -2.63. The monoisotopic (exact) mass is 353 g/mol. The van der Waals surface area contributed by atoms with Gasteiger partial charge in [-0.05, 0) is 40.4 Å². The largest absolute Gasteiger partial charge is 0.342 e. The van der Waals surface area contributed by atoms with Crippen LogP contribution in [0.5, 0.6) is 0 Å². The summed E-state index contributed by atoms with van der Waals surface area (Å²) in [6.07, 6.45) is 4.26. The minimum Gasteiger partial charge on any atom is -0.342 e. The summed E-state index contributed by atoms with van der Waals surface area (Å²) in [5.41, 5.74) is 0.905. The maximum Gasteiger partial charge on any atom is 0.246 e. The van der Waals surface area contributed by atoms with Crippen molar-refractivity contribution < 1.29 is 9.59 Å². The number of hydrogen-bond acceptors (Lipinski definition) is 3. The van der Waals surface area contributed by atoms with Crippen LogP contribution in [0, 0.1) is 5.92 Å². The van der Waals surface area contributed by atoms with Gasteiger partial charge in [-0.2, -0.15) is 0 Å². The number of carbonyl (C=O) groups is 2. The molecule has 1 fully saturated rings. The van der Waals surface area contributed by atoms with Gasteiger partial charge in [-0.1, -0.05) is 20.3 Å². The van der Waals surface area contributed by atoms with E-state index in [2.05, 4.69) is 26.2 Å². The number of piperazine rings is 1. The molecule has 0 radical (unpaired) electrons. The van der Waals surface area contributed by atoms with Gasteiger partial charge in [0.05, 0.1) is 0 Å². The zero-order valence-corrected chi connectivity index (χ0v) is 14.1. The van der Waals surface area contributed by atoms with Crippen molar-refractivity contribution in [2.75, 3.05) is 0 Å². The molecule has 21 heavy (non-hydrogen) atoms. The highest BCUT2D eigenvalue weighted by molar-refractivity contribution is 9.10. The molecule has 2 heterocycles. The number of nitrogens with zero attached hydrogens (tertiary/aromatic N) is 2. The van der Waals surface area contributed by atoms with Crippen LogP contribution in [0.25, 0.3) is 0 Å². The quantitative estimate of drug-likeness (QED) is 0.901. The van der Waals surface area contributed by atoms with Crippen molar-refractivity contribution in [3.8, 4) is 0 Å². The van der Waals surface area contributed by atoms with Crippen molar-refractivity contribution in [2.45, 2.75) is 45.8 Å². The van der Waals surface area contributed by atoms with E-state index >= 15 is 0 Å². The second-order valence-electron chi connectivity index (χ2n) is 5.53. The number of carbonyl (C=O) groups excluding carboxylic acids is 2. The van der Waals surface area contributed by atoms with Gasteiger partial charge in [-0.15, -0.1) is 0 Å². The third-order valence-electron chi connectivity index (χ3n) is 4.02. The lowest BCUT2D eigenvalue weighted by Gasteiger charge is -2.39. The van der Waals surface area contributed by atoms with Crippen LogP contribution in [-0.4, -0.2) is 33.8 Å². The van der Waals surface area contributed by atoms with Crippen LogP contribution < -0.4 is 5.32 Å². The van der Waals surface area contributed by atoms with Crippen LogP contribution in [0.4, 0.5) is 0 Å². The molecule has 6 heteroatoms. The van der Waals surface area contributed by atoms with Gasteiger partial charge in [-0.3, -0.25) is 14.6 Å². The molecule has 0 bridgehead atoms. The molecule has 2 rings (SSSR count). The number of rotatable bonds is 4. The molecule has 3 atom stereocenters. The molecule has 1 aliphatic heterocycles. The molecule has 5 nitrogen and oxygen atoms in total. The van der Waals surface area contributed by atoms with Crippen LogP contribution in [0.1, 0.15) is 32.8 Å². The minimum absolute atomic E-state index is 0.0172. The van der Waals surface area contributed by atoms with Crippen molar-refractivity contribution >= 4 is 27.7 Å². The number of nitrogens with one attached hydrogen (secondary N) is 1. The van der Waals surface area contributed by atoms with Crippen LogP contribution in [0.15, 0.2) is 22.9 Å². The summed E-state index contributed by atoms with van der Waals surface area (Å²) in [7, 11) is 0. The van der Waals surface area contributed by atoms with Gasteiger partial charge in [0.25, 0.3) is 0 Å². The summed E-state index contributed by atoms with van der Waals surface area (Å²) in [6, 6.07) is 1.02. The zero-order valence-electron chi connectivity index (χ0n) is 12.5. The molecule has 0 saturated carbocycles. The number of hydrogen-bond donors (Lipinski definition) is 1. The average molecular weight is 354 g/mol. The molecule has 1 aliphatic rings. The molecule has 2 amide bonds. The SMILES string of the molecule is CCC(C)C1NC(=O)C(C)N(Cc2cncc(Br)c2)C1=O. The Morgan fingerprint density at radius 1 is 1.43 bits per heavy atom. The van der Waals surface area contributed by atoms with E-state index in [0.717, 1.165) is 16.5 Å². The Bertz CT molecular complexity index is 549. The van der Waals surface area contributed by atoms with Gasteiger partial charge in [0, 0.05) is 23.4 Å². The smallest absolute Gasteiger partial charge is 0.246 e. The van der Waals surface area contributed by atoms with Gasteiger partial charge >= 0.3 is 0 Å². The molecule has 0 aliphatic carbocycles. The lowest BCUT2D eigenvalue weighted by molar-refractivity contribution is -0.150. The first-order chi connectivity index (χ1) is 9.93. The van der Waals surface area contributed by atoms with Gasteiger partial charge < -0.3 is 10.2 Å². The Hall–Kier alpha value is -1.43. The summed E-state index contributed by atoms with van der Waals surface area (Å²) in [4.78, 5) is 30.5. The van der Waals surface area contributed by atoms with E-state index < -0.39 is 12.1 Å². The molecule has 1 saturated heterocycles. The van der Waals surface area contributed by atoms with E-state index in [0.29, 0.717) is 6.54 Å². The summed E-state index contributed by atoms with van der Waals surface area (Å²) >= 11 is 3.37. The normalized spacial score (nSPS) is 23.9. The third-order valence-corrected chi connectivity index (χ3v) is 4.45. The summed E-state index contributed by atoms with van der Waals surface area (Å²) in [5, 5.41) is 2.84. The topological polar surface area (TPSA) is 62.3 Å². The van der Waals surface area contributed by atoms with Gasteiger partial charge in [0.2, 0.25) is 11.8 Å². The van der Waals surface area contributed by atoms with Crippen LogP contribution in [0.2, 0.25) is 0 Å². The first kappa shape index (κ1) is 15.9. The summed E-state index contributed by atoms with van der Waals surface area (Å²) in [6.45, 7) is 6.15. The third kappa shape index (κ3) is 3.43. The highest BCUT2D eigenvalue weighted by Crippen LogP contribution is 2.20. The molecule has 114 valence electrons. The lowest BCUT2D eigenvalue weighted by atomic mass is 9.94. The van der Waals surface area contributed by atoms with E-state index in [1.54, 1.807) is 24.2 Å². The summed E-state index contributed by atoms with van der Waals surface area (Å²) < 4.78 is 0.861. The Morgan fingerprint density at radius 2 is 2.14 bits per heavy atom. The van der Waals surface area contributed by atoms with Gasteiger partial charge in [0.15, 0.2) is 0 Å². The van der Waals surface area contributed by atoms with Crippen LogP contribution in [0.3, 0.4) is 0 Å². The maximum atomic E-state index is 12.7. The predicted octanol–water partition coefficient (Wildman–Crippen LogP) is 2.11. The molecule has 1 aromatic rings. The van der Waals surface area contributed by atoms with Crippen molar-refractivity contribution in [3.63, 3.8) is 0 Å². The summed E-state index contributed by atoms with van der Waals surface area (Å²) in [5.74, 6) is 0.0105. The molecule has 0 aromatic carbocycles. The predicted molar refractivity (Wildman–Crippen MR) is 83.3 cm³/mol. The van der Waals surface area contributed by atoms with Crippen LogP contribution in [-0.2, 0) is 16.1 Å². The Morgan fingerprint density at radius 3 is 2.76 bits per heavy atom. The fourth-order valence-corrected chi connectivity index (χ4v) is 2.83. The highest BCUT2D eigenvalue weighted by atomic mass is 79.9. The van der Waals surface area contributed by atoms with Crippen LogP contribution >= 0.6 is 15.9 Å².